The van der Waals surface area contributed by atoms with Crippen LogP contribution in [0.2, 0.25) is 0 Å². The molecule has 5 heteroatoms. The summed E-state index contributed by atoms with van der Waals surface area (Å²) in [5, 5.41) is 0. The van der Waals surface area contributed by atoms with Crippen LogP contribution in [-0.2, 0) is 0 Å². The first-order chi connectivity index (χ1) is 10.0. The molecule has 0 fully saturated rings. The van der Waals surface area contributed by atoms with Crippen molar-refractivity contribution in [3.05, 3.63) is 56.1 Å². The summed E-state index contributed by atoms with van der Waals surface area (Å²) in [5.41, 5.74) is 8.02. The summed E-state index contributed by atoms with van der Waals surface area (Å²) < 4.78 is 1.83. The number of carbonyl (C=O) groups is 1. The number of hydrogen-bond acceptors (Lipinski definition) is 2. The molecular weight excluding hydrogens is 443 g/mol. The van der Waals surface area contributed by atoms with E-state index in [1.54, 1.807) is 4.90 Å². The number of nitrogen functional groups attached to an aromatic ring is 1. The summed E-state index contributed by atoms with van der Waals surface area (Å²) in [5.74, 6) is -0.00634. The molecule has 3 nitrogen and oxygen atoms in total. The topological polar surface area (TPSA) is 46.3 Å². The number of nitrogens with two attached hydrogens (primary N) is 1. The zero-order valence-corrected chi connectivity index (χ0v) is 15.4. The normalized spacial score (nSPS) is 10.4. The van der Waals surface area contributed by atoms with Crippen LogP contribution >= 0.6 is 38.5 Å². The van der Waals surface area contributed by atoms with Crippen LogP contribution in [0.3, 0.4) is 0 Å². The summed E-state index contributed by atoms with van der Waals surface area (Å²) >= 11 is 5.61. The van der Waals surface area contributed by atoms with Crippen LogP contribution < -0.4 is 10.6 Å². The van der Waals surface area contributed by atoms with Crippen LogP contribution in [0.25, 0.3) is 0 Å². The number of rotatable bonds is 4. The second-order valence-electron chi connectivity index (χ2n) is 4.68. The highest BCUT2D eigenvalue weighted by Gasteiger charge is 2.19. The molecule has 0 atom stereocenters. The summed E-state index contributed by atoms with van der Waals surface area (Å²) in [4.78, 5) is 14.7. The molecule has 0 saturated carbocycles. The molecule has 0 unspecified atom stereocenters. The van der Waals surface area contributed by atoms with Gasteiger partial charge in [-0.25, -0.2) is 0 Å². The van der Waals surface area contributed by atoms with Crippen molar-refractivity contribution >= 4 is 55.8 Å². The molecule has 110 valence electrons. The van der Waals surface area contributed by atoms with Crippen LogP contribution in [0.15, 0.2) is 46.9 Å². The maximum atomic E-state index is 12.9. The number of nitrogens with zero attached hydrogens (tertiary/aromatic N) is 1. The summed E-state index contributed by atoms with van der Waals surface area (Å²) in [6.45, 7) is 2.71. The Labute approximate surface area is 146 Å². The first-order valence-electron chi connectivity index (χ1n) is 6.65. The molecule has 0 spiro atoms. The van der Waals surface area contributed by atoms with E-state index in [1.165, 1.54) is 0 Å². The average molecular weight is 459 g/mol. The summed E-state index contributed by atoms with van der Waals surface area (Å²) in [7, 11) is 0. The molecule has 0 aliphatic heterocycles. The molecule has 2 rings (SSSR count). The molecule has 0 aliphatic rings. The molecule has 1 amide bonds. The zero-order chi connectivity index (χ0) is 15.4. The fraction of sp³-hybridized carbons (Fsp3) is 0.188. The Morgan fingerprint density at radius 2 is 2.05 bits per heavy atom. The van der Waals surface area contributed by atoms with Crippen molar-refractivity contribution in [3.63, 3.8) is 0 Å². The van der Waals surface area contributed by atoms with Crippen molar-refractivity contribution < 1.29 is 4.79 Å². The Bertz CT molecular complexity index is 660. The first kappa shape index (κ1) is 16.3. The average Bonchev–Trinajstić information content (AvgIpc) is 2.46. The van der Waals surface area contributed by atoms with Crippen molar-refractivity contribution in [2.75, 3.05) is 17.2 Å². The van der Waals surface area contributed by atoms with Gasteiger partial charge >= 0.3 is 0 Å². The van der Waals surface area contributed by atoms with Gasteiger partial charge in [-0.1, -0.05) is 28.9 Å². The lowest BCUT2D eigenvalue weighted by Gasteiger charge is -2.23. The van der Waals surface area contributed by atoms with Gasteiger partial charge in [-0.2, -0.15) is 0 Å². The lowest BCUT2D eigenvalue weighted by Crippen LogP contribution is -2.32. The molecule has 2 aromatic rings. The Morgan fingerprint density at radius 3 is 2.71 bits per heavy atom. The van der Waals surface area contributed by atoms with Crippen LogP contribution in [0.5, 0.6) is 0 Å². The lowest BCUT2D eigenvalue weighted by atomic mass is 10.1. The van der Waals surface area contributed by atoms with E-state index >= 15 is 0 Å². The van der Waals surface area contributed by atoms with Gasteiger partial charge in [-0.15, -0.1) is 0 Å². The van der Waals surface area contributed by atoms with Crippen molar-refractivity contribution in [2.24, 2.45) is 0 Å². The minimum absolute atomic E-state index is 0.00634. The van der Waals surface area contributed by atoms with Gasteiger partial charge in [-0.05, 0) is 65.4 Å². The maximum Gasteiger partial charge on any atom is 0.259 e. The van der Waals surface area contributed by atoms with Crippen molar-refractivity contribution in [3.8, 4) is 0 Å². The van der Waals surface area contributed by atoms with Gasteiger partial charge in [0.25, 0.3) is 5.91 Å². The Morgan fingerprint density at radius 1 is 1.29 bits per heavy atom. The molecular formula is C16H16BrIN2O. The van der Waals surface area contributed by atoms with Crippen LogP contribution in [0.1, 0.15) is 23.7 Å². The number of carbonyl (C=O) groups excluding carboxylic acids is 1. The third kappa shape index (κ3) is 3.97. The van der Waals surface area contributed by atoms with E-state index in [4.69, 9.17) is 5.73 Å². The van der Waals surface area contributed by atoms with E-state index in [0.29, 0.717) is 17.8 Å². The second kappa shape index (κ2) is 7.26. The fourth-order valence-electron chi connectivity index (χ4n) is 2.07. The number of amides is 1. The van der Waals surface area contributed by atoms with Crippen LogP contribution in [0.4, 0.5) is 11.4 Å². The quantitative estimate of drug-likeness (QED) is 0.533. The van der Waals surface area contributed by atoms with E-state index in [2.05, 4.69) is 45.4 Å². The van der Waals surface area contributed by atoms with Gasteiger partial charge in [0.2, 0.25) is 0 Å². The minimum atomic E-state index is -0.00634. The standard InChI is InChI=1S/C16H16BrIN2O/c1-2-8-20(13-5-3-4-12(19)10-13)16(21)14-9-11(17)6-7-15(14)18/h3-7,9-10H,2,8,19H2,1H3. The highest BCUT2D eigenvalue weighted by molar-refractivity contribution is 14.1. The highest BCUT2D eigenvalue weighted by atomic mass is 127. The van der Waals surface area contributed by atoms with Gasteiger partial charge in [0.05, 0.1) is 5.56 Å². The Balaban J connectivity index is 2.42. The van der Waals surface area contributed by atoms with Crippen LogP contribution in [0, 0.1) is 3.57 Å². The monoisotopic (exact) mass is 458 g/mol. The third-order valence-corrected chi connectivity index (χ3v) is 4.47. The summed E-state index contributed by atoms with van der Waals surface area (Å²) in [6.07, 6.45) is 0.880. The highest BCUT2D eigenvalue weighted by Crippen LogP contribution is 2.24. The molecule has 0 heterocycles. The predicted octanol–water partition coefficient (Wildman–Crippen LogP) is 4.69. The maximum absolute atomic E-state index is 12.9. The van der Waals surface area contributed by atoms with Gasteiger partial charge in [0.1, 0.15) is 0 Å². The van der Waals surface area contributed by atoms with Gasteiger partial charge in [-0.3, -0.25) is 4.79 Å². The number of hydrogen-bond donors (Lipinski definition) is 1. The van der Waals surface area contributed by atoms with Gasteiger partial charge in [0.15, 0.2) is 0 Å². The molecule has 0 aliphatic carbocycles. The fourth-order valence-corrected chi connectivity index (χ4v) is 3.00. The van der Waals surface area contributed by atoms with Crippen molar-refractivity contribution in [1.82, 2.24) is 0 Å². The van der Waals surface area contributed by atoms with Gasteiger partial charge < -0.3 is 10.6 Å². The largest absolute Gasteiger partial charge is 0.399 e. The van der Waals surface area contributed by atoms with Gasteiger partial charge in [0, 0.05) is 26.0 Å². The van der Waals surface area contributed by atoms with Crippen molar-refractivity contribution in [2.45, 2.75) is 13.3 Å². The number of anilines is 2. The Kier molecular flexibility index (Phi) is 5.64. The SMILES string of the molecule is CCCN(C(=O)c1cc(Br)ccc1I)c1cccc(N)c1. The molecule has 2 N–H and O–H groups in total. The second-order valence-corrected chi connectivity index (χ2v) is 6.75. The summed E-state index contributed by atoms with van der Waals surface area (Å²) in [6, 6.07) is 13.2. The van der Waals surface area contributed by atoms with E-state index in [-0.39, 0.29) is 5.91 Å². The molecule has 0 aromatic heterocycles. The zero-order valence-electron chi connectivity index (χ0n) is 11.6. The smallest absolute Gasteiger partial charge is 0.259 e. The number of halogens is 2. The van der Waals surface area contributed by atoms with E-state index in [1.807, 2.05) is 42.5 Å². The minimum Gasteiger partial charge on any atom is -0.399 e. The predicted molar refractivity (Wildman–Crippen MR) is 99.7 cm³/mol. The molecule has 0 radical (unpaired) electrons. The molecule has 0 bridgehead atoms. The van der Waals surface area contributed by atoms with E-state index in [9.17, 15) is 4.79 Å². The first-order valence-corrected chi connectivity index (χ1v) is 8.52. The van der Waals surface area contributed by atoms with Crippen LogP contribution in [-0.4, -0.2) is 12.5 Å². The molecule has 21 heavy (non-hydrogen) atoms. The molecule has 0 saturated heterocycles. The van der Waals surface area contributed by atoms with Crippen molar-refractivity contribution in [1.29, 1.82) is 0 Å². The third-order valence-electron chi connectivity index (χ3n) is 3.03. The van der Waals surface area contributed by atoms with E-state index in [0.717, 1.165) is 20.2 Å². The number of benzene rings is 2. The molecule has 2 aromatic carbocycles. The lowest BCUT2D eigenvalue weighted by molar-refractivity contribution is 0.0986. The Hall–Kier alpha value is -1.08. The van der Waals surface area contributed by atoms with E-state index < -0.39 is 0 Å².